The number of aliphatic hydroxyl groups excluding tert-OH is 1. The van der Waals surface area contributed by atoms with Gasteiger partial charge in [-0.1, -0.05) is 0 Å². The Hall–Kier alpha value is -0.188. The van der Waals surface area contributed by atoms with E-state index in [0.717, 1.165) is 0 Å². The van der Waals surface area contributed by atoms with Gasteiger partial charge < -0.3 is 25.6 Å². The number of ether oxygens (including phenoxy) is 3. The van der Waals surface area contributed by atoms with E-state index < -0.39 is 5.60 Å². The molecule has 1 amide bonds. The maximum Gasteiger partial charge on any atom is 1.00 e. The van der Waals surface area contributed by atoms with Crippen molar-refractivity contribution in [1.29, 1.82) is 0 Å². The molecule has 3 radical (unpaired) electrons. The van der Waals surface area contributed by atoms with Gasteiger partial charge in [-0.15, -0.1) is 0 Å². The number of methoxy groups -OCH3 is 1. The number of aliphatic hydroxyl groups is 1. The minimum atomic E-state index is -0.506. The number of hydrogen-bond donors (Lipinski definition) is 1. The first-order valence-electron chi connectivity index (χ1n) is 6.56. The largest absolute Gasteiger partial charge is 1.00 e. The fourth-order valence-electron chi connectivity index (χ4n) is 2.01. The minimum absolute atomic E-state index is 0. The first-order valence-corrected chi connectivity index (χ1v) is 6.56. The number of nitrogens with zero attached hydrogens (tertiary/aromatic N) is 1. The molecule has 1 fully saturated rings. The Balaban J connectivity index is -0.00000120. The summed E-state index contributed by atoms with van der Waals surface area (Å²) in [5.74, 6) is 0.0360. The molecule has 0 aliphatic carbocycles. The third-order valence-corrected chi connectivity index (χ3v) is 2.98. The molecule has 1 heterocycles. The van der Waals surface area contributed by atoms with Crippen molar-refractivity contribution in [3.63, 3.8) is 0 Å². The van der Waals surface area contributed by atoms with Crippen LogP contribution in [0.5, 0.6) is 0 Å². The zero-order valence-electron chi connectivity index (χ0n) is 14.8. The molecule has 0 bridgehead atoms. The molecule has 1 aliphatic heterocycles. The van der Waals surface area contributed by atoms with Crippen molar-refractivity contribution in [1.82, 2.24) is 4.90 Å². The second-order valence-corrected chi connectivity index (χ2v) is 5.77. The number of likely N-dealkylation sites (tertiary alicyclic amines) is 1. The molecular weight excluding hydrogens is 268 g/mol. The summed E-state index contributed by atoms with van der Waals surface area (Å²) >= 11 is 0. The molecule has 1 saturated heterocycles. The van der Waals surface area contributed by atoms with Crippen LogP contribution >= 0.6 is 0 Å². The number of rotatable bonds is 4. The van der Waals surface area contributed by atoms with Crippen molar-refractivity contribution in [3.8, 4) is 0 Å². The van der Waals surface area contributed by atoms with Crippen molar-refractivity contribution in [2.45, 2.75) is 38.9 Å². The van der Waals surface area contributed by atoms with Gasteiger partial charge in [-0.25, -0.2) is 4.79 Å². The minimum Gasteiger partial charge on any atom is -1.00 e. The molecule has 0 aromatic heterocycles. The van der Waals surface area contributed by atoms with E-state index in [2.05, 4.69) is 0 Å². The smallest absolute Gasteiger partial charge is 1.00 e. The number of carbonyl (C=O) groups is 1. The molecule has 21 heavy (non-hydrogen) atoms. The first kappa shape index (κ1) is 23.1. The summed E-state index contributed by atoms with van der Waals surface area (Å²) in [5, 5.41) is 9.32. The molecule has 0 spiro atoms. The zero-order valence-corrected chi connectivity index (χ0v) is 13.8. The van der Waals surface area contributed by atoms with Gasteiger partial charge in [0.05, 0.1) is 12.6 Å². The van der Waals surface area contributed by atoms with Crippen LogP contribution in [0.1, 0.15) is 28.6 Å². The van der Waals surface area contributed by atoms with Crippen molar-refractivity contribution in [2.24, 2.45) is 5.92 Å². The van der Waals surface area contributed by atoms with E-state index in [1.165, 1.54) is 0 Å². The van der Waals surface area contributed by atoms with Gasteiger partial charge in [0.2, 0.25) is 0 Å². The quantitative estimate of drug-likeness (QED) is 0.478. The van der Waals surface area contributed by atoms with Crippen LogP contribution in [0.2, 0.25) is 0 Å². The Morgan fingerprint density at radius 2 is 2.05 bits per heavy atom. The summed E-state index contributed by atoms with van der Waals surface area (Å²) in [6, 6.07) is 0. The molecule has 1 rings (SSSR count). The van der Waals surface area contributed by atoms with Gasteiger partial charge in [-0.2, -0.15) is 0 Å². The molecule has 0 aromatic carbocycles. The molecule has 1 aliphatic rings. The second-order valence-electron chi connectivity index (χ2n) is 5.77. The average molecular weight is 294 g/mol. The van der Waals surface area contributed by atoms with Gasteiger partial charge in [-0.3, -0.25) is 0 Å². The molecule has 1 N–H and O–H groups in total. The van der Waals surface area contributed by atoms with Crippen LogP contribution in [-0.4, -0.2) is 69.8 Å². The van der Waals surface area contributed by atoms with Crippen LogP contribution in [0.4, 0.5) is 4.79 Å². The van der Waals surface area contributed by atoms with Gasteiger partial charge >= 0.3 is 25.0 Å². The third-order valence-electron chi connectivity index (χ3n) is 2.98. The van der Waals surface area contributed by atoms with Crippen LogP contribution < -0.4 is 18.9 Å². The average Bonchev–Trinajstić information content (AvgIpc) is 2.33. The Labute approximate surface area is 142 Å². The van der Waals surface area contributed by atoms with Gasteiger partial charge in [0, 0.05) is 34.6 Å². The summed E-state index contributed by atoms with van der Waals surface area (Å²) in [6.07, 6.45) is 0.144. The summed E-state index contributed by atoms with van der Waals surface area (Å²) in [6.45, 7) is 6.72. The molecule has 0 aromatic rings. The molecule has 8 heteroatoms. The maximum atomic E-state index is 12.0. The number of hydrogen-bond acceptors (Lipinski definition) is 5. The summed E-state index contributed by atoms with van der Waals surface area (Å²) < 4.78 is 15.7. The van der Waals surface area contributed by atoms with E-state index in [4.69, 9.17) is 14.2 Å². The Morgan fingerprint density at radius 1 is 1.43 bits per heavy atom. The predicted molar refractivity (Wildman–Crippen MR) is 76.6 cm³/mol. The Morgan fingerprint density at radius 3 is 2.52 bits per heavy atom. The molecule has 6 nitrogen and oxygen atoms in total. The standard InChI is InChI=1S/C13H25NO5.B.Li.H/c1-13(2,3)19-12(16)14-6-5-10(8-15)11(7-14)18-9-17-4;;;/h10-11,15H,5-9H2,1-4H3;;;/q;;+1;-1. The van der Waals surface area contributed by atoms with Gasteiger partial charge in [0.25, 0.3) is 0 Å². The summed E-state index contributed by atoms with van der Waals surface area (Å²) in [7, 11) is 1.54. The van der Waals surface area contributed by atoms with E-state index in [9.17, 15) is 9.90 Å². The molecule has 2 unspecified atom stereocenters. The SMILES string of the molecule is COCOC1CN(C(=O)OC(C)(C)C)CCC1CO.[B].[H-].[Li+]. The number of piperidine rings is 1. The van der Waals surface area contributed by atoms with E-state index in [1.807, 2.05) is 20.8 Å². The molecule has 117 valence electrons. The van der Waals surface area contributed by atoms with Crippen LogP contribution in [0.15, 0.2) is 0 Å². The van der Waals surface area contributed by atoms with E-state index >= 15 is 0 Å². The number of carbonyl (C=O) groups excluding carboxylic acids is 1. The fraction of sp³-hybridized carbons (Fsp3) is 0.923. The Kier molecular flexibility index (Phi) is 11.6. The fourth-order valence-corrected chi connectivity index (χ4v) is 2.01. The van der Waals surface area contributed by atoms with E-state index in [-0.39, 0.29) is 60.2 Å². The van der Waals surface area contributed by atoms with Crippen LogP contribution in [-0.2, 0) is 14.2 Å². The van der Waals surface area contributed by atoms with Crippen LogP contribution in [0.3, 0.4) is 0 Å². The van der Waals surface area contributed by atoms with Crippen molar-refractivity contribution in [3.05, 3.63) is 0 Å². The van der Waals surface area contributed by atoms with E-state index in [1.54, 1.807) is 12.0 Å². The maximum absolute atomic E-state index is 12.0. The number of amides is 1. The summed E-state index contributed by atoms with van der Waals surface area (Å²) in [4.78, 5) is 13.6. The monoisotopic (exact) mass is 294 g/mol. The van der Waals surface area contributed by atoms with Crippen molar-refractivity contribution < 1.29 is 44.4 Å². The summed E-state index contributed by atoms with van der Waals surface area (Å²) in [5.41, 5.74) is -0.506. The normalized spacial score (nSPS) is 22.0. The molecule has 2 atom stereocenters. The Bertz CT molecular complexity index is 307. The van der Waals surface area contributed by atoms with Gasteiger partial charge in [0.15, 0.2) is 0 Å². The second kappa shape index (κ2) is 10.5. The predicted octanol–water partition coefficient (Wildman–Crippen LogP) is -2.04. The van der Waals surface area contributed by atoms with E-state index in [0.29, 0.717) is 19.5 Å². The van der Waals surface area contributed by atoms with Crippen LogP contribution in [0.25, 0.3) is 0 Å². The van der Waals surface area contributed by atoms with Crippen molar-refractivity contribution in [2.75, 3.05) is 33.6 Å². The molecule has 0 saturated carbocycles. The van der Waals surface area contributed by atoms with Crippen LogP contribution in [0, 0.1) is 5.92 Å². The first-order chi connectivity index (χ1) is 8.87. The zero-order chi connectivity index (χ0) is 14.5. The van der Waals surface area contributed by atoms with Gasteiger partial charge in [0.1, 0.15) is 12.4 Å². The third kappa shape index (κ3) is 8.13. The van der Waals surface area contributed by atoms with Crippen molar-refractivity contribution >= 4 is 14.5 Å². The molecular formula is C13H26BLiNO5. The topological polar surface area (TPSA) is 68.2 Å². The van der Waals surface area contributed by atoms with Gasteiger partial charge in [-0.05, 0) is 27.2 Å².